The smallest absolute Gasteiger partial charge is 0.137 e. The quantitative estimate of drug-likeness (QED) is 0.742. The molecule has 0 bridgehead atoms. The standard InChI is InChI=1S/C15H19BrN2S/c16-8-10-18(12-4-2-1-3-5-12)15-13-7-11-19-14(13)6-9-17-15/h6-7,9,11-12H,1-5,8,10H2. The second kappa shape index (κ2) is 6.23. The Morgan fingerprint density at radius 2 is 2.11 bits per heavy atom. The Labute approximate surface area is 127 Å². The van der Waals surface area contributed by atoms with Crippen LogP contribution in [-0.4, -0.2) is 22.9 Å². The molecule has 1 aliphatic rings. The Hall–Kier alpha value is -0.610. The zero-order chi connectivity index (χ0) is 13.1. The Morgan fingerprint density at radius 3 is 2.89 bits per heavy atom. The van der Waals surface area contributed by atoms with E-state index in [1.165, 1.54) is 48.0 Å². The van der Waals surface area contributed by atoms with Crippen LogP contribution in [0, 0.1) is 0 Å². The van der Waals surface area contributed by atoms with Gasteiger partial charge in [0.15, 0.2) is 0 Å². The zero-order valence-electron chi connectivity index (χ0n) is 11.0. The van der Waals surface area contributed by atoms with Crippen LogP contribution in [0.1, 0.15) is 32.1 Å². The van der Waals surface area contributed by atoms with Crippen LogP contribution >= 0.6 is 27.3 Å². The van der Waals surface area contributed by atoms with Gasteiger partial charge >= 0.3 is 0 Å². The predicted molar refractivity (Wildman–Crippen MR) is 87.6 cm³/mol. The van der Waals surface area contributed by atoms with Crippen LogP contribution in [0.25, 0.3) is 10.1 Å². The van der Waals surface area contributed by atoms with Crippen molar-refractivity contribution >= 4 is 43.2 Å². The van der Waals surface area contributed by atoms with Crippen LogP contribution in [0.4, 0.5) is 5.82 Å². The third kappa shape index (κ3) is 2.79. The summed E-state index contributed by atoms with van der Waals surface area (Å²) in [6, 6.07) is 5.01. The summed E-state index contributed by atoms with van der Waals surface area (Å²) in [6.07, 6.45) is 8.71. The predicted octanol–water partition coefficient (Wildman–Crippen LogP) is 4.83. The van der Waals surface area contributed by atoms with Gasteiger partial charge in [0, 0.05) is 34.2 Å². The molecule has 3 rings (SSSR count). The molecule has 4 heteroatoms. The Bertz CT molecular complexity index is 534. The Kier molecular flexibility index (Phi) is 4.38. The molecule has 0 aromatic carbocycles. The van der Waals surface area contributed by atoms with Crippen molar-refractivity contribution in [1.82, 2.24) is 4.98 Å². The summed E-state index contributed by atoms with van der Waals surface area (Å²) in [7, 11) is 0. The van der Waals surface area contributed by atoms with Crippen molar-refractivity contribution in [1.29, 1.82) is 0 Å². The average molecular weight is 339 g/mol. The molecule has 1 saturated carbocycles. The number of hydrogen-bond donors (Lipinski definition) is 0. The highest BCUT2D eigenvalue weighted by atomic mass is 79.9. The third-order valence-electron chi connectivity index (χ3n) is 3.97. The number of rotatable bonds is 4. The van der Waals surface area contributed by atoms with Gasteiger partial charge in [-0.2, -0.15) is 0 Å². The molecule has 0 saturated heterocycles. The second-order valence-electron chi connectivity index (χ2n) is 5.14. The number of alkyl halides is 1. The van der Waals surface area contributed by atoms with Gasteiger partial charge in [-0.3, -0.25) is 0 Å². The molecule has 0 radical (unpaired) electrons. The second-order valence-corrected chi connectivity index (χ2v) is 6.88. The number of thiophene rings is 1. The molecule has 102 valence electrons. The van der Waals surface area contributed by atoms with Crippen LogP contribution < -0.4 is 4.90 Å². The van der Waals surface area contributed by atoms with Crippen molar-refractivity contribution in [2.45, 2.75) is 38.1 Å². The molecule has 0 spiro atoms. The van der Waals surface area contributed by atoms with Gasteiger partial charge in [-0.1, -0.05) is 35.2 Å². The number of hydrogen-bond acceptors (Lipinski definition) is 3. The lowest BCUT2D eigenvalue weighted by Crippen LogP contribution is -2.38. The van der Waals surface area contributed by atoms with Crippen LogP contribution in [0.2, 0.25) is 0 Å². The molecule has 0 amide bonds. The largest absolute Gasteiger partial charge is 0.352 e. The Balaban J connectivity index is 1.96. The molecule has 2 nitrogen and oxygen atoms in total. The highest BCUT2D eigenvalue weighted by Crippen LogP contribution is 2.32. The minimum Gasteiger partial charge on any atom is -0.352 e. The number of halogens is 1. The van der Waals surface area contributed by atoms with Gasteiger partial charge in [0.2, 0.25) is 0 Å². The van der Waals surface area contributed by atoms with Crippen LogP contribution in [0.3, 0.4) is 0 Å². The summed E-state index contributed by atoms with van der Waals surface area (Å²) in [5.74, 6) is 1.19. The molecule has 0 aliphatic heterocycles. The van der Waals surface area contributed by atoms with Gasteiger partial charge in [-0.05, 0) is 30.4 Å². The van der Waals surface area contributed by atoms with Gasteiger partial charge in [0.1, 0.15) is 5.82 Å². The maximum Gasteiger partial charge on any atom is 0.137 e. The molecule has 2 aromatic heterocycles. The normalized spacial score (nSPS) is 16.9. The fourth-order valence-electron chi connectivity index (χ4n) is 3.05. The van der Waals surface area contributed by atoms with Crippen molar-refractivity contribution in [3.8, 4) is 0 Å². The van der Waals surface area contributed by atoms with Crippen molar-refractivity contribution in [3.63, 3.8) is 0 Å². The first kappa shape index (κ1) is 13.4. The first-order chi connectivity index (χ1) is 9.40. The minimum absolute atomic E-state index is 0.671. The van der Waals surface area contributed by atoms with Crippen LogP contribution in [-0.2, 0) is 0 Å². The lowest BCUT2D eigenvalue weighted by molar-refractivity contribution is 0.417. The number of pyridine rings is 1. The molecule has 1 aliphatic carbocycles. The maximum absolute atomic E-state index is 4.69. The first-order valence-electron chi connectivity index (χ1n) is 7.05. The van der Waals surface area contributed by atoms with Crippen molar-refractivity contribution in [3.05, 3.63) is 23.7 Å². The summed E-state index contributed by atoms with van der Waals surface area (Å²) >= 11 is 5.41. The summed E-state index contributed by atoms with van der Waals surface area (Å²) in [4.78, 5) is 7.22. The molecular weight excluding hydrogens is 320 g/mol. The molecule has 2 heterocycles. The van der Waals surface area contributed by atoms with E-state index in [1.54, 1.807) is 11.3 Å². The fraction of sp³-hybridized carbons (Fsp3) is 0.533. The number of nitrogens with zero attached hydrogens (tertiary/aromatic N) is 2. The van der Waals surface area contributed by atoms with Gasteiger partial charge < -0.3 is 4.90 Å². The van der Waals surface area contributed by atoms with E-state index in [-0.39, 0.29) is 0 Å². The SMILES string of the molecule is BrCCN(c1nccc2sccc12)C1CCCCC1. The molecule has 0 unspecified atom stereocenters. The van der Waals surface area contributed by atoms with E-state index in [2.05, 4.69) is 43.3 Å². The van der Waals surface area contributed by atoms with Crippen molar-refractivity contribution in [2.24, 2.45) is 0 Å². The van der Waals surface area contributed by atoms with E-state index in [0.717, 1.165) is 11.9 Å². The van der Waals surface area contributed by atoms with Gasteiger partial charge in [0.05, 0.1) is 0 Å². The highest BCUT2D eigenvalue weighted by molar-refractivity contribution is 9.09. The molecule has 0 N–H and O–H groups in total. The minimum atomic E-state index is 0.671. The molecule has 19 heavy (non-hydrogen) atoms. The molecule has 2 aromatic rings. The highest BCUT2D eigenvalue weighted by Gasteiger charge is 2.23. The van der Waals surface area contributed by atoms with Crippen LogP contribution in [0.5, 0.6) is 0 Å². The maximum atomic E-state index is 4.69. The average Bonchev–Trinajstić information content (AvgIpc) is 2.94. The topological polar surface area (TPSA) is 16.1 Å². The molecular formula is C15H19BrN2S. The van der Waals surface area contributed by atoms with Gasteiger partial charge in [-0.25, -0.2) is 4.98 Å². The monoisotopic (exact) mass is 338 g/mol. The van der Waals surface area contributed by atoms with Crippen molar-refractivity contribution < 1.29 is 0 Å². The number of fused-ring (bicyclic) bond motifs is 1. The molecule has 0 atom stereocenters. The summed E-state index contributed by atoms with van der Waals surface area (Å²) in [5.41, 5.74) is 0. The molecule has 1 fully saturated rings. The van der Waals surface area contributed by atoms with E-state index in [4.69, 9.17) is 0 Å². The summed E-state index contributed by atoms with van der Waals surface area (Å²) in [5, 5.41) is 4.49. The van der Waals surface area contributed by atoms with E-state index in [1.807, 2.05) is 6.20 Å². The van der Waals surface area contributed by atoms with Crippen molar-refractivity contribution in [2.75, 3.05) is 16.8 Å². The lowest BCUT2D eigenvalue weighted by atomic mass is 9.94. The summed E-state index contributed by atoms with van der Waals surface area (Å²) < 4.78 is 1.35. The van der Waals surface area contributed by atoms with E-state index < -0.39 is 0 Å². The number of anilines is 1. The first-order valence-corrected chi connectivity index (χ1v) is 9.05. The lowest BCUT2D eigenvalue weighted by Gasteiger charge is -2.35. The van der Waals surface area contributed by atoms with Crippen LogP contribution in [0.15, 0.2) is 23.7 Å². The number of aromatic nitrogens is 1. The van der Waals surface area contributed by atoms with E-state index in [9.17, 15) is 0 Å². The third-order valence-corrected chi connectivity index (χ3v) is 5.21. The van der Waals surface area contributed by atoms with Gasteiger partial charge in [0.25, 0.3) is 0 Å². The van der Waals surface area contributed by atoms with Gasteiger partial charge in [-0.15, -0.1) is 11.3 Å². The Morgan fingerprint density at radius 1 is 1.26 bits per heavy atom. The van der Waals surface area contributed by atoms with E-state index >= 15 is 0 Å². The van der Waals surface area contributed by atoms with E-state index in [0.29, 0.717) is 6.04 Å². The zero-order valence-corrected chi connectivity index (χ0v) is 13.4. The summed E-state index contributed by atoms with van der Waals surface area (Å²) in [6.45, 7) is 1.05. The fourth-order valence-corrected chi connectivity index (χ4v) is 4.21.